The van der Waals surface area contributed by atoms with Crippen LogP contribution in [0.5, 0.6) is 0 Å². The smallest absolute Gasteiger partial charge is 0.128 e. The molecular formula is C16H13F2N3. The largest absolute Gasteiger partial charge is 0.319 e. The zero-order chi connectivity index (χ0) is 14.8. The first kappa shape index (κ1) is 13.5. The first-order chi connectivity index (χ1) is 10.2. The maximum absolute atomic E-state index is 13.9. The summed E-state index contributed by atoms with van der Waals surface area (Å²) in [5.74, 6) is -1.06. The molecule has 0 saturated carbocycles. The summed E-state index contributed by atoms with van der Waals surface area (Å²) >= 11 is 0. The van der Waals surface area contributed by atoms with Gasteiger partial charge in [0.1, 0.15) is 11.6 Å². The van der Waals surface area contributed by atoms with Gasteiger partial charge in [0.25, 0.3) is 0 Å². The predicted molar refractivity (Wildman–Crippen MR) is 76.0 cm³/mol. The molecule has 0 amide bonds. The van der Waals surface area contributed by atoms with Gasteiger partial charge in [-0.15, -0.1) is 0 Å². The fourth-order valence-electron chi connectivity index (χ4n) is 2.25. The van der Waals surface area contributed by atoms with Gasteiger partial charge in [0.05, 0.1) is 17.4 Å². The van der Waals surface area contributed by atoms with E-state index in [2.05, 4.69) is 5.10 Å². The molecule has 1 heterocycles. The lowest BCUT2D eigenvalue weighted by Gasteiger charge is -2.15. The van der Waals surface area contributed by atoms with E-state index in [1.807, 2.05) is 30.3 Å². The van der Waals surface area contributed by atoms with E-state index in [0.29, 0.717) is 5.69 Å². The van der Waals surface area contributed by atoms with Crippen molar-refractivity contribution < 1.29 is 8.78 Å². The van der Waals surface area contributed by atoms with Crippen molar-refractivity contribution in [1.29, 1.82) is 0 Å². The minimum atomic E-state index is -0.802. The van der Waals surface area contributed by atoms with Crippen LogP contribution in [0.4, 0.5) is 8.78 Å². The van der Waals surface area contributed by atoms with Gasteiger partial charge < -0.3 is 5.73 Å². The molecule has 0 aliphatic rings. The van der Waals surface area contributed by atoms with Crippen LogP contribution in [0.25, 0.3) is 5.69 Å². The molecule has 0 aliphatic heterocycles. The number of benzene rings is 2. The van der Waals surface area contributed by atoms with Crippen molar-refractivity contribution in [2.45, 2.75) is 6.04 Å². The molecule has 1 aromatic heterocycles. The van der Waals surface area contributed by atoms with Gasteiger partial charge in [-0.2, -0.15) is 5.10 Å². The monoisotopic (exact) mass is 285 g/mol. The van der Waals surface area contributed by atoms with Crippen molar-refractivity contribution in [2.24, 2.45) is 5.73 Å². The Morgan fingerprint density at radius 3 is 2.52 bits per heavy atom. The molecule has 0 spiro atoms. The van der Waals surface area contributed by atoms with Crippen molar-refractivity contribution >= 4 is 0 Å². The molecule has 5 heteroatoms. The third-order valence-corrected chi connectivity index (χ3v) is 3.28. The molecule has 3 aromatic rings. The third-order valence-electron chi connectivity index (χ3n) is 3.28. The standard InChI is InChI=1S/C16H13F2N3/c17-11-6-7-14(18)13(10-11)16(19)15-8-9-20-21(15)12-4-2-1-3-5-12/h1-10,16H,19H2. The molecule has 2 N–H and O–H groups in total. The molecule has 0 aliphatic carbocycles. The highest BCUT2D eigenvalue weighted by Gasteiger charge is 2.19. The molecule has 0 radical (unpaired) electrons. The molecule has 1 atom stereocenters. The van der Waals surface area contributed by atoms with E-state index in [4.69, 9.17) is 5.73 Å². The van der Waals surface area contributed by atoms with E-state index in [1.165, 1.54) is 0 Å². The third kappa shape index (κ3) is 2.55. The quantitative estimate of drug-likeness (QED) is 0.803. The fourth-order valence-corrected chi connectivity index (χ4v) is 2.25. The number of aromatic nitrogens is 2. The van der Waals surface area contributed by atoms with Crippen molar-refractivity contribution in [2.75, 3.05) is 0 Å². The van der Waals surface area contributed by atoms with Gasteiger partial charge in [-0.3, -0.25) is 0 Å². The summed E-state index contributed by atoms with van der Waals surface area (Å²) < 4.78 is 28.8. The van der Waals surface area contributed by atoms with Gasteiger partial charge in [-0.05, 0) is 36.4 Å². The Kier molecular flexibility index (Phi) is 3.50. The summed E-state index contributed by atoms with van der Waals surface area (Å²) in [5, 5.41) is 4.21. The van der Waals surface area contributed by atoms with E-state index in [-0.39, 0.29) is 5.56 Å². The van der Waals surface area contributed by atoms with Crippen molar-refractivity contribution in [3.8, 4) is 5.69 Å². The zero-order valence-electron chi connectivity index (χ0n) is 11.1. The summed E-state index contributed by atoms with van der Waals surface area (Å²) in [4.78, 5) is 0. The number of nitrogens with zero attached hydrogens (tertiary/aromatic N) is 2. The summed E-state index contributed by atoms with van der Waals surface area (Å²) in [6.45, 7) is 0. The Hall–Kier alpha value is -2.53. The van der Waals surface area contributed by atoms with Gasteiger partial charge in [0, 0.05) is 11.8 Å². The summed E-state index contributed by atoms with van der Waals surface area (Å²) in [5.41, 5.74) is 7.60. The second-order valence-electron chi connectivity index (χ2n) is 4.65. The van der Waals surface area contributed by atoms with Gasteiger partial charge in [0.15, 0.2) is 0 Å². The molecule has 0 fully saturated rings. The maximum atomic E-state index is 13.9. The molecule has 106 valence electrons. The lowest BCUT2D eigenvalue weighted by Crippen LogP contribution is -2.18. The highest BCUT2D eigenvalue weighted by atomic mass is 19.1. The number of para-hydroxylation sites is 1. The summed E-state index contributed by atoms with van der Waals surface area (Å²) in [7, 11) is 0. The lowest BCUT2D eigenvalue weighted by molar-refractivity contribution is 0.571. The fraction of sp³-hybridized carbons (Fsp3) is 0.0625. The summed E-state index contributed by atoms with van der Waals surface area (Å²) in [6.07, 6.45) is 1.58. The Labute approximate surface area is 120 Å². The molecule has 0 bridgehead atoms. The average molecular weight is 285 g/mol. The molecule has 3 rings (SSSR count). The highest BCUT2D eigenvalue weighted by molar-refractivity contribution is 5.36. The van der Waals surface area contributed by atoms with Crippen LogP contribution in [0.1, 0.15) is 17.3 Å². The molecule has 1 unspecified atom stereocenters. The minimum absolute atomic E-state index is 0.104. The first-order valence-corrected chi connectivity index (χ1v) is 6.46. The first-order valence-electron chi connectivity index (χ1n) is 6.46. The molecule has 3 nitrogen and oxygen atoms in total. The van der Waals surface area contributed by atoms with Gasteiger partial charge in [-0.25, -0.2) is 13.5 Å². The zero-order valence-corrected chi connectivity index (χ0v) is 11.1. The molecular weight excluding hydrogens is 272 g/mol. The van der Waals surface area contributed by atoms with Crippen LogP contribution in [0.15, 0.2) is 60.8 Å². The van der Waals surface area contributed by atoms with Gasteiger partial charge in [-0.1, -0.05) is 18.2 Å². The van der Waals surface area contributed by atoms with E-state index < -0.39 is 17.7 Å². The van der Waals surface area contributed by atoms with Crippen LogP contribution in [-0.2, 0) is 0 Å². The highest BCUT2D eigenvalue weighted by Crippen LogP contribution is 2.24. The number of hydrogen-bond donors (Lipinski definition) is 1. The van der Waals surface area contributed by atoms with Crippen LogP contribution in [0.2, 0.25) is 0 Å². The Morgan fingerprint density at radius 2 is 1.76 bits per heavy atom. The van der Waals surface area contributed by atoms with Crippen LogP contribution in [0.3, 0.4) is 0 Å². The number of nitrogens with two attached hydrogens (primary N) is 1. The Balaban J connectivity index is 2.06. The molecule has 0 saturated heterocycles. The van der Waals surface area contributed by atoms with Gasteiger partial charge in [0.2, 0.25) is 0 Å². The van der Waals surface area contributed by atoms with E-state index in [9.17, 15) is 8.78 Å². The van der Waals surface area contributed by atoms with E-state index in [0.717, 1.165) is 23.9 Å². The number of rotatable bonds is 3. The second-order valence-corrected chi connectivity index (χ2v) is 4.65. The van der Waals surface area contributed by atoms with Crippen LogP contribution in [-0.4, -0.2) is 9.78 Å². The normalized spacial score (nSPS) is 12.3. The topological polar surface area (TPSA) is 43.8 Å². The van der Waals surface area contributed by atoms with E-state index >= 15 is 0 Å². The lowest BCUT2D eigenvalue weighted by atomic mass is 10.0. The van der Waals surface area contributed by atoms with Crippen LogP contribution < -0.4 is 5.73 Å². The summed E-state index contributed by atoms with van der Waals surface area (Å²) in [6, 6.07) is 13.5. The molecule has 21 heavy (non-hydrogen) atoms. The van der Waals surface area contributed by atoms with Gasteiger partial charge >= 0.3 is 0 Å². The average Bonchev–Trinajstić information content (AvgIpc) is 2.99. The predicted octanol–water partition coefficient (Wildman–Crippen LogP) is 3.20. The van der Waals surface area contributed by atoms with Crippen LogP contribution in [0, 0.1) is 11.6 Å². The molecule has 2 aromatic carbocycles. The van der Waals surface area contributed by atoms with Crippen molar-refractivity contribution in [3.05, 3.63) is 83.7 Å². The Bertz CT molecular complexity index is 753. The number of hydrogen-bond acceptors (Lipinski definition) is 2. The number of halogens is 2. The second kappa shape index (κ2) is 5.46. The minimum Gasteiger partial charge on any atom is -0.319 e. The van der Waals surface area contributed by atoms with Crippen molar-refractivity contribution in [1.82, 2.24) is 9.78 Å². The SMILES string of the molecule is NC(c1cc(F)ccc1F)c1ccnn1-c1ccccc1. The van der Waals surface area contributed by atoms with Crippen molar-refractivity contribution in [3.63, 3.8) is 0 Å². The van der Waals surface area contributed by atoms with E-state index in [1.54, 1.807) is 16.9 Å². The Morgan fingerprint density at radius 1 is 1.00 bits per heavy atom. The van der Waals surface area contributed by atoms with Crippen LogP contribution >= 0.6 is 0 Å². The maximum Gasteiger partial charge on any atom is 0.128 e.